The highest BCUT2D eigenvalue weighted by Crippen LogP contribution is 2.34. The van der Waals surface area contributed by atoms with Crippen LogP contribution in [0.15, 0.2) is 54.6 Å². The molecule has 1 saturated carbocycles. The lowest BCUT2D eigenvalue weighted by molar-refractivity contribution is -0.130. The molecule has 29 heavy (non-hydrogen) atoms. The molecule has 0 bridgehead atoms. The minimum atomic E-state index is -1.12. The van der Waals surface area contributed by atoms with Crippen molar-refractivity contribution < 1.29 is 18.7 Å². The second-order valence-electron chi connectivity index (χ2n) is 7.73. The number of ether oxygens (including phenoxy) is 1. The Kier molecular flexibility index (Phi) is 4.31. The predicted molar refractivity (Wildman–Crippen MR) is 107 cm³/mol. The summed E-state index contributed by atoms with van der Waals surface area (Å²) in [5, 5.41) is 4.84. The fraction of sp³-hybridized carbons (Fsp3) is 0.250. The van der Waals surface area contributed by atoms with Crippen molar-refractivity contribution in [3.05, 3.63) is 82.7 Å². The second-order valence-corrected chi connectivity index (χ2v) is 7.73. The summed E-state index contributed by atoms with van der Waals surface area (Å²) in [6.45, 7) is 0. The number of rotatable bonds is 5. The molecule has 1 fully saturated rings. The van der Waals surface area contributed by atoms with Crippen LogP contribution in [-0.2, 0) is 22.4 Å². The van der Waals surface area contributed by atoms with E-state index in [1.807, 2.05) is 18.2 Å². The number of hydrogen-bond donors (Lipinski definition) is 1. The van der Waals surface area contributed by atoms with Gasteiger partial charge in [-0.15, -0.1) is 0 Å². The molecule has 3 aromatic carbocycles. The van der Waals surface area contributed by atoms with Crippen LogP contribution in [-0.4, -0.2) is 17.9 Å². The van der Waals surface area contributed by atoms with E-state index in [9.17, 15) is 14.0 Å². The summed E-state index contributed by atoms with van der Waals surface area (Å²) >= 11 is 0. The molecule has 146 valence electrons. The molecule has 1 atom stereocenters. The lowest BCUT2D eigenvalue weighted by Gasteiger charge is -2.19. The van der Waals surface area contributed by atoms with Crippen LogP contribution in [0.5, 0.6) is 0 Å². The summed E-state index contributed by atoms with van der Waals surface area (Å²) in [6, 6.07) is 15.3. The van der Waals surface area contributed by atoms with Gasteiger partial charge in [0.2, 0.25) is 6.10 Å². The van der Waals surface area contributed by atoms with Gasteiger partial charge in [-0.05, 0) is 65.8 Å². The topological polar surface area (TPSA) is 55.4 Å². The predicted octanol–water partition coefficient (Wildman–Crippen LogP) is 4.25. The SMILES string of the molecule is O=C(O[C@@H](C(=O)NC1CC1)c1ccc(F)cc1)c1ccc2c3c(cccc13)CC2. The highest BCUT2D eigenvalue weighted by atomic mass is 19.1. The van der Waals surface area contributed by atoms with E-state index in [1.165, 1.54) is 35.4 Å². The number of hydrogen-bond acceptors (Lipinski definition) is 3. The first kappa shape index (κ1) is 17.9. The van der Waals surface area contributed by atoms with Gasteiger partial charge in [0, 0.05) is 11.6 Å². The lowest BCUT2D eigenvalue weighted by Crippen LogP contribution is -2.33. The van der Waals surface area contributed by atoms with Crippen molar-refractivity contribution in [3.63, 3.8) is 0 Å². The van der Waals surface area contributed by atoms with Crippen LogP contribution in [0.3, 0.4) is 0 Å². The normalized spacial score (nSPS) is 15.9. The van der Waals surface area contributed by atoms with E-state index in [4.69, 9.17) is 4.74 Å². The van der Waals surface area contributed by atoms with E-state index in [0.717, 1.165) is 36.5 Å². The van der Waals surface area contributed by atoms with Crippen LogP contribution in [0.2, 0.25) is 0 Å². The fourth-order valence-corrected chi connectivity index (χ4v) is 4.01. The minimum Gasteiger partial charge on any atom is -0.444 e. The third-order valence-corrected chi connectivity index (χ3v) is 5.66. The van der Waals surface area contributed by atoms with Gasteiger partial charge < -0.3 is 10.1 Å². The monoisotopic (exact) mass is 389 g/mol. The average Bonchev–Trinajstić information content (AvgIpc) is 3.45. The van der Waals surface area contributed by atoms with E-state index in [0.29, 0.717) is 11.1 Å². The van der Waals surface area contributed by atoms with Gasteiger partial charge in [0.25, 0.3) is 5.91 Å². The molecule has 0 radical (unpaired) electrons. The molecule has 1 N–H and O–H groups in total. The summed E-state index contributed by atoms with van der Waals surface area (Å²) in [7, 11) is 0. The van der Waals surface area contributed by atoms with Crippen molar-refractivity contribution in [2.45, 2.75) is 37.8 Å². The third-order valence-electron chi connectivity index (χ3n) is 5.66. The first-order valence-electron chi connectivity index (χ1n) is 9.90. The Bertz CT molecular complexity index is 1110. The van der Waals surface area contributed by atoms with Gasteiger partial charge in [-0.2, -0.15) is 0 Å². The van der Waals surface area contributed by atoms with E-state index < -0.39 is 17.9 Å². The molecule has 0 saturated heterocycles. The summed E-state index contributed by atoms with van der Waals surface area (Å²) in [5.74, 6) is -1.34. The van der Waals surface area contributed by atoms with Crippen molar-refractivity contribution in [3.8, 4) is 0 Å². The van der Waals surface area contributed by atoms with Crippen LogP contribution in [0.1, 0.15) is 46.0 Å². The standard InChI is InChI=1S/C24H20FNO3/c25-17-9-6-16(7-10-17)22(23(27)26-18-11-12-18)29-24(28)20-13-8-15-5-4-14-2-1-3-19(20)21(14)15/h1-3,6-10,13,18,22H,4-5,11-12H2,(H,26,27)/t22-/m1/s1. The Morgan fingerprint density at radius 2 is 1.69 bits per heavy atom. The smallest absolute Gasteiger partial charge is 0.339 e. The zero-order valence-electron chi connectivity index (χ0n) is 15.8. The Labute approximate surface area is 167 Å². The van der Waals surface area contributed by atoms with Gasteiger partial charge in [0.1, 0.15) is 5.82 Å². The minimum absolute atomic E-state index is 0.126. The van der Waals surface area contributed by atoms with Crippen LogP contribution in [0.25, 0.3) is 10.8 Å². The first-order chi connectivity index (χ1) is 14.1. The quantitative estimate of drug-likeness (QED) is 0.664. The lowest BCUT2D eigenvalue weighted by atomic mass is 10.00. The number of carbonyl (C=O) groups is 2. The molecule has 5 rings (SSSR count). The Hall–Kier alpha value is -3.21. The summed E-state index contributed by atoms with van der Waals surface area (Å²) < 4.78 is 19.0. The number of esters is 1. The number of halogens is 1. The highest BCUT2D eigenvalue weighted by Gasteiger charge is 2.31. The van der Waals surface area contributed by atoms with Crippen molar-refractivity contribution in [2.75, 3.05) is 0 Å². The first-order valence-corrected chi connectivity index (χ1v) is 9.90. The van der Waals surface area contributed by atoms with Crippen molar-refractivity contribution in [1.29, 1.82) is 0 Å². The zero-order valence-corrected chi connectivity index (χ0v) is 15.8. The highest BCUT2D eigenvalue weighted by molar-refractivity contribution is 6.07. The van der Waals surface area contributed by atoms with Gasteiger partial charge >= 0.3 is 5.97 Å². The molecule has 0 aliphatic heterocycles. The van der Waals surface area contributed by atoms with Crippen LogP contribution in [0, 0.1) is 5.82 Å². The molecule has 3 aromatic rings. The van der Waals surface area contributed by atoms with Crippen LogP contribution >= 0.6 is 0 Å². The summed E-state index contributed by atoms with van der Waals surface area (Å²) in [4.78, 5) is 25.8. The van der Waals surface area contributed by atoms with Crippen LogP contribution < -0.4 is 5.32 Å². The van der Waals surface area contributed by atoms with E-state index in [-0.39, 0.29) is 11.9 Å². The van der Waals surface area contributed by atoms with E-state index in [1.54, 1.807) is 6.07 Å². The van der Waals surface area contributed by atoms with Crippen molar-refractivity contribution >= 4 is 22.6 Å². The molecule has 4 nitrogen and oxygen atoms in total. The second kappa shape index (κ2) is 6.99. The molecular formula is C24H20FNO3. The molecule has 2 aliphatic carbocycles. The van der Waals surface area contributed by atoms with Gasteiger partial charge in [-0.1, -0.05) is 36.4 Å². The number of amides is 1. The fourth-order valence-electron chi connectivity index (χ4n) is 4.01. The molecule has 0 unspecified atom stereocenters. The summed E-state index contributed by atoms with van der Waals surface area (Å²) in [6.07, 6.45) is 2.65. The number of benzene rings is 3. The van der Waals surface area contributed by atoms with Crippen LogP contribution in [0.4, 0.5) is 4.39 Å². The maximum atomic E-state index is 13.3. The summed E-state index contributed by atoms with van der Waals surface area (Å²) in [5.41, 5.74) is 3.35. The van der Waals surface area contributed by atoms with E-state index >= 15 is 0 Å². The molecule has 0 heterocycles. The van der Waals surface area contributed by atoms with E-state index in [2.05, 4.69) is 11.4 Å². The third kappa shape index (κ3) is 3.37. The van der Waals surface area contributed by atoms with Crippen molar-refractivity contribution in [1.82, 2.24) is 5.32 Å². The van der Waals surface area contributed by atoms with Crippen molar-refractivity contribution in [2.24, 2.45) is 0 Å². The molecule has 5 heteroatoms. The number of aryl methyl sites for hydroxylation is 2. The van der Waals surface area contributed by atoms with Gasteiger partial charge in [-0.25, -0.2) is 9.18 Å². The number of nitrogens with one attached hydrogen (secondary N) is 1. The molecule has 0 spiro atoms. The molecule has 1 amide bonds. The average molecular weight is 389 g/mol. The molecule has 2 aliphatic rings. The Morgan fingerprint density at radius 3 is 2.41 bits per heavy atom. The van der Waals surface area contributed by atoms with Gasteiger partial charge in [0.05, 0.1) is 5.56 Å². The zero-order chi connectivity index (χ0) is 20.0. The molecular weight excluding hydrogens is 369 g/mol. The number of carbonyl (C=O) groups excluding carboxylic acids is 2. The maximum Gasteiger partial charge on any atom is 0.339 e. The maximum absolute atomic E-state index is 13.3. The van der Waals surface area contributed by atoms with Gasteiger partial charge in [0.15, 0.2) is 0 Å². The Balaban J connectivity index is 1.49. The van der Waals surface area contributed by atoms with Gasteiger partial charge in [-0.3, -0.25) is 4.79 Å². The Morgan fingerprint density at radius 1 is 0.966 bits per heavy atom. The molecule has 0 aromatic heterocycles. The largest absolute Gasteiger partial charge is 0.444 e.